The van der Waals surface area contributed by atoms with Crippen LogP contribution in [-0.2, 0) is 0 Å². The highest BCUT2D eigenvalue weighted by Gasteiger charge is 2.21. The molecular formula is C54H34N2O. The summed E-state index contributed by atoms with van der Waals surface area (Å²) in [7, 11) is 0. The fraction of sp³-hybridized carbons (Fsp3) is 0. The molecular weight excluding hydrogens is 693 g/mol. The molecule has 0 atom stereocenters. The number of rotatable bonds is 5. The minimum absolute atomic E-state index is 0.846. The molecule has 12 aromatic rings. The van der Waals surface area contributed by atoms with Gasteiger partial charge < -0.3 is 13.9 Å². The van der Waals surface area contributed by atoms with Crippen molar-refractivity contribution in [1.82, 2.24) is 4.57 Å². The first-order valence-electron chi connectivity index (χ1n) is 19.5. The molecule has 0 aliphatic heterocycles. The van der Waals surface area contributed by atoms with Crippen molar-refractivity contribution in [1.29, 1.82) is 0 Å². The third-order valence-corrected chi connectivity index (χ3v) is 11.8. The molecule has 57 heavy (non-hydrogen) atoms. The van der Waals surface area contributed by atoms with Crippen LogP contribution in [0.25, 0.3) is 92.9 Å². The number of nitrogens with zero attached hydrogens (tertiary/aromatic N) is 2. The van der Waals surface area contributed by atoms with Gasteiger partial charge in [-0.05, 0) is 104 Å². The standard InChI is InChI=1S/C54H34N2O/c1-2-13-35(14-3-1)36-25-27-37(28-26-36)55(38-29-31-44-42-17-5-4-15-40(42)41-16-6-7-18-43(41)48(44)33-38)39-30-32-47-53(34-39)57-52-24-12-23-51(54(47)52)56-49-21-10-8-19-45(49)46-20-9-11-22-50(46)56/h1-34H. The fourth-order valence-corrected chi connectivity index (χ4v) is 9.22. The van der Waals surface area contributed by atoms with E-state index < -0.39 is 0 Å². The van der Waals surface area contributed by atoms with Crippen molar-refractivity contribution in [3.05, 3.63) is 206 Å². The van der Waals surface area contributed by atoms with Gasteiger partial charge in [-0.3, -0.25) is 0 Å². The summed E-state index contributed by atoms with van der Waals surface area (Å²) in [4.78, 5) is 2.36. The second-order valence-electron chi connectivity index (χ2n) is 14.9. The molecule has 0 spiro atoms. The average Bonchev–Trinajstić information content (AvgIpc) is 3.83. The van der Waals surface area contributed by atoms with Crippen molar-refractivity contribution in [2.45, 2.75) is 0 Å². The van der Waals surface area contributed by atoms with Crippen molar-refractivity contribution in [2.24, 2.45) is 0 Å². The third-order valence-electron chi connectivity index (χ3n) is 11.8. The first-order valence-corrected chi connectivity index (χ1v) is 19.5. The van der Waals surface area contributed by atoms with Crippen LogP contribution in [0.2, 0.25) is 0 Å². The maximum Gasteiger partial charge on any atom is 0.137 e. The number of para-hydroxylation sites is 2. The predicted octanol–water partition coefficient (Wildman–Crippen LogP) is 15.3. The average molecular weight is 727 g/mol. The van der Waals surface area contributed by atoms with Gasteiger partial charge in [0.05, 0.1) is 22.1 Å². The van der Waals surface area contributed by atoms with Gasteiger partial charge in [-0.2, -0.15) is 0 Å². The lowest BCUT2D eigenvalue weighted by atomic mass is 9.94. The Hall–Kier alpha value is -7.62. The van der Waals surface area contributed by atoms with Gasteiger partial charge in [0.15, 0.2) is 0 Å². The van der Waals surface area contributed by atoms with Crippen LogP contribution in [-0.4, -0.2) is 4.57 Å². The Morgan fingerprint density at radius 2 is 0.807 bits per heavy atom. The van der Waals surface area contributed by atoms with E-state index in [2.05, 4.69) is 216 Å². The molecule has 266 valence electrons. The van der Waals surface area contributed by atoms with Crippen LogP contribution in [0.1, 0.15) is 0 Å². The lowest BCUT2D eigenvalue weighted by Crippen LogP contribution is -2.10. The van der Waals surface area contributed by atoms with Gasteiger partial charge in [-0.1, -0.05) is 140 Å². The van der Waals surface area contributed by atoms with Crippen LogP contribution in [0.3, 0.4) is 0 Å². The number of fused-ring (bicyclic) bond motifs is 12. The van der Waals surface area contributed by atoms with Crippen LogP contribution < -0.4 is 4.90 Å². The third kappa shape index (κ3) is 4.86. The van der Waals surface area contributed by atoms with E-state index in [0.29, 0.717) is 0 Å². The maximum absolute atomic E-state index is 6.79. The van der Waals surface area contributed by atoms with Crippen LogP contribution in [0.4, 0.5) is 17.1 Å². The summed E-state index contributed by atoms with van der Waals surface area (Å²) in [5.41, 5.74) is 10.7. The van der Waals surface area contributed by atoms with E-state index in [1.54, 1.807) is 0 Å². The lowest BCUT2D eigenvalue weighted by Gasteiger charge is -2.26. The fourth-order valence-electron chi connectivity index (χ4n) is 9.22. The van der Waals surface area contributed by atoms with Crippen molar-refractivity contribution in [2.75, 3.05) is 4.90 Å². The molecule has 2 heterocycles. The molecule has 0 aliphatic rings. The van der Waals surface area contributed by atoms with Crippen LogP contribution in [0, 0.1) is 0 Å². The minimum atomic E-state index is 0.846. The Bertz CT molecular complexity index is 3430. The quantitative estimate of drug-likeness (QED) is 0.165. The lowest BCUT2D eigenvalue weighted by molar-refractivity contribution is 0.669. The first-order chi connectivity index (χ1) is 28.3. The van der Waals surface area contributed by atoms with Crippen molar-refractivity contribution in [3.8, 4) is 16.8 Å². The molecule has 10 aromatic carbocycles. The zero-order valence-electron chi connectivity index (χ0n) is 30.9. The second kappa shape index (κ2) is 12.5. The summed E-state index contributed by atoms with van der Waals surface area (Å²) in [6.45, 7) is 0. The van der Waals surface area contributed by atoms with Crippen LogP contribution in [0.15, 0.2) is 211 Å². The summed E-state index contributed by atoms with van der Waals surface area (Å²) < 4.78 is 9.18. The summed E-state index contributed by atoms with van der Waals surface area (Å²) in [6, 6.07) is 74.4. The molecule has 0 radical (unpaired) electrons. The van der Waals surface area contributed by atoms with Gasteiger partial charge in [0.25, 0.3) is 0 Å². The molecule has 2 aromatic heterocycles. The molecule has 0 bridgehead atoms. The van der Waals surface area contributed by atoms with E-state index in [-0.39, 0.29) is 0 Å². The molecule has 0 saturated carbocycles. The van der Waals surface area contributed by atoms with Crippen molar-refractivity contribution < 1.29 is 4.42 Å². The maximum atomic E-state index is 6.79. The molecule has 0 saturated heterocycles. The SMILES string of the molecule is c1ccc(-c2ccc(N(c3ccc4c(c3)oc3cccc(-n5c6ccccc6c6ccccc65)c34)c3ccc4c5ccccc5c5ccccc5c4c3)cc2)cc1. The normalized spacial score (nSPS) is 11.9. The van der Waals surface area contributed by atoms with Crippen molar-refractivity contribution in [3.63, 3.8) is 0 Å². The number of hydrogen-bond donors (Lipinski definition) is 0. The monoisotopic (exact) mass is 726 g/mol. The smallest absolute Gasteiger partial charge is 0.137 e. The Morgan fingerprint density at radius 3 is 1.46 bits per heavy atom. The molecule has 3 heteroatoms. The highest BCUT2D eigenvalue weighted by Crippen LogP contribution is 2.44. The van der Waals surface area contributed by atoms with E-state index in [1.807, 2.05) is 0 Å². The van der Waals surface area contributed by atoms with E-state index >= 15 is 0 Å². The number of furan rings is 1. The zero-order chi connectivity index (χ0) is 37.5. The van der Waals surface area contributed by atoms with Crippen LogP contribution in [0.5, 0.6) is 0 Å². The van der Waals surface area contributed by atoms with Gasteiger partial charge in [-0.15, -0.1) is 0 Å². The van der Waals surface area contributed by atoms with E-state index in [0.717, 1.165) is 44.7 Å². The Kier molecular flexibility index (Phi) is 6.93. The van der Waals surface area contributed by atoms with Gasteiger partial charge >= 0.3 is 0 Å². The Morgan fingerprint density at radius 1 is 0.316 bits per heavy atom. The van der Waals surface area contributed by atoms with Gasteiger partial charge in [0.2, 0.25) is 0 Å². The summed E-state index contributed by atoms with van der Waals surface area (Å²) in [5, 5.41) is 12.2. The van der Waals surface area contributed by atoms with Gasteiger partial charge in [-0.25, -0.2) is 0 Å². The van der Waals surface area contributed by atoms with Gasteiger partial charge in [0, 0.05) is 39.3 Å². The number of aromatic nitrogens is 1. The van der Waals surface area contributed by atoms with E-state index in [9.17, 15) is 0 Å². The summed E-state index contributed by atoms with van der Waals surface area (Å²) in [5.74, 6) is 0. The Balaban J connectivity index is 1.08. The molecule has 0 unspecified atom stereocenters. The highest BCUT2D eigenvalue weighted by molar-refractivity contribution is 6.26. The number of hydrogen-bond acceptors (Lipinski definition) is 2. The summed E-state index contributed by atoms with van der Waals surface area (Å²) >= 11 is 0. The highest BCUT2D eigenvalue weighted by atomic mass is 16.3. The first kappa shape index (κ1) is 31.7. The van der Waals surface area contributed by atoms with Crippen LogP contribution >= 0.6 is 0 Å². The Labute approximate surface area is 328 Å². The second-order valence-corrected chi connectivity index (χ2v) is 14.9. The molecule has 0 N–H and O–H groups in total. The molecule has 12 rings (SSSR count). The molecule has 3 nitrogen and oxygen atoms in total. The largest absolute Gasteiger partial charge is 0.456 e. The van der Waals surface area contributed by atoms with Gasteiger partial charge in [0.1, 0.15) is 11.2 Å². The predicted molar refractivity (Wildman–Crippen MR) is 241 cm³/mol. The molecule has 0 amide bonds. The number of benzene rings is 10. The summed E-state index contributed by atoms with van der Waals surface area (Å²) in [6.07, 6.45) is 0. The molecule has 0 aliphatic carbocycles. The topological polar surface area (TPSA) is 21.3 Å². The van der Waals surface area contributed by atoms with E-state index in [4.69, 9.17) is 4.42 Å². The number of anilines is 3. The van der Waals surface area contributed by atoms with E-state index in [1.165, 1.54) is 65.3 Å². The zero-order valence-corrected chi connectivity index (χ0v) is 30.9. The minimum Gasteiger partial charge on any atom is -0.456 e. The van der Waals surface area contributed by atoms with Crippen molar-refractivity contribution >= 4 is 93.1 Å². The molecule has 0 fully saturated rings.